The average molecular weight is 601 g/mol. The van der Waals surface area contributed by atoms with Crippen LogP contribution in [-0.2, 0) is 10.2 Å². The molecule has 2 fully saturated rings. The van der Waals surface area contributed by atoms with Gasteiger partial charge in [0, 0.05) is 34.5 Å². The Hall–Kier alpha value is -1.60. The summed E-state index contributed by atoms with van der Waals surface area (Å²) in [6, 6.07) is 17.7. The Balaban J connectivity index is 1.47. The van der Waals surface area contributed by atoms with Crippen molar-refractivity contribution in [3.8, 4) is 5.75 Å². The number of likely N-dealkylation sites (tertiary alicyclic amines) is 1. The first-order chi connectivity index (χ1) is 17.6. The molecule has 3 aliphatic rings. The number of carbonyl (C=O) groups excluding carboxylic acids is 1. The zero-order valence-corrected chi connectivity index (χ0v) is 23.8. The molecule has 2 N–H and O–H groups in total. The minimum absolute atomic E-state index is 0.132. The first-order valence-electron chi connectivity index (χ1n) is 13.9. The number of halogens is 1. The topological polar surface area (TPSA) is 55.6 Å². The molecule has 0 bridgehead atoms. The van der Waals surface area contributed by atoms with Gasteiger partial charge in [0.2, 0.25) is 5.91 Å². The van der Waals surface area contributed by atoms with E-state index in [0.717, 1.165) is 41.5 Å². The third kappa shape index (κ3) is 4.94. The van der Waals surface area contributed by atoms with Crippen LogP contribution in [-0.4, -0.2) is 41.0 Å². The summed E-state index contributed by atoms with van der Waals surface area (Å²) < 4.78 is 6.85. The van der Waals surface area contributed by atoms with E-state index in [2.05, 4.69) is 82.9 Å². The Labute approximate surface area is 230 Å². The molecule has 1 saturated carbocycles. The van der Waals surface area contributed by atoms with Crippen LogP contribution in [0.1, 0.15) is 74.0 Å². The van der Waals surface area contributed by atoms with Gasteiger partial charge in [-0.2, -0.15) is 0 Å². The SMILES string of the molecule is Cc1ccc2c(c1)OCC[C@@]2(CN)[C@@H](CI)C(=O)N1CC[C@@H](c2ccccc2)C[C@H]1C1CCCCC1. The fourth-order valence-electron chi connectivity index (χ4n) is 7.27. The lowest BCUT2D eigenvalue weighted by Gasteiger charge is -2.49. The standard InChI is InChI=1S/C31H41IN2O2/c1-22-12-13-26-29(18-22)36-17-15-31(26,21-33)27(20-32)30(35)34-16-14-25(23-8-4-2-5-9-23)19-28(34)24-10-6-3-7-11-24/h2,4-5,8-9,12-13,18,24-25,27-28H,3,6-7,10-11,14-17,19-21,33H2,1H3/t25-,27+,28+,31+/m1/s1. The number of benzene rings is 2. The van der Waals surface area contributed by atoms with E-state index in [4.69, 9.17) is 10.5 Å². The van der Waals surface area contributed by atoms with Crippen LogP contribution in [0.15, 0.2) is 48.5 Å². The van der Waals surface area contributed by atoms with Crippen molar-refractivity contribution in [3.63, 3.8) is 0 Å². The lowest BCUT2D eigenvalue weighted by Crippen LogP contribution is -2.57. The van der Waals surface area contributed by atoms with Gasteiger partial charge in [0.25, 0.3) is 0 Å². The van der Waals surface area contributed by atoms with Crippen molar-refractivity contribution in [1.82, 2.24) is 4.90 Å². The monoisotopic (exact) mass is 600 g/mol. The Bertz CT molecular complexity index is 1040. The Morgan fingerprint density at radius 1 is 1.14 bits per heavy atom. The van der Waals surface area contributed by atoms with Gasteiger partial charge in [-0.05, 0) is 68.1 Å². The third-order valence-corrected chi connectivity index (χ3v) is 10.2. The van der Waals surface area contributed by atoms with Crippen LogP contribution in [0.3, 0.4) is 0 Å². The van der Waals surface area contributed by atoms with Crippen LogP contribution in [0.4, 0.5) is 0 Å². The summed E-state index contributed by atoms with van der Waals surface area (Å²) in [5.74, 6) is 2.26. The lowest BCUT2D eigenvalue weighted by atomic mass is 9.66. The highest BCUT2D eigenvalue weighted by atomic mass is 127. The summed E-state index contributed by atoms with van der Waals surface area (Å²) in [7, 11) is 0. The molecule has 1 saturated heterocycles. The normalized spacial score (nSPS) is 27.7. The summed E-state index contributed by atoms with van der Waals surface area (Å²) in [4.78, 5) is 16.9. The van der Waals surface area contributed by atoms with Crippen LogP contribution in [0.25, 0.3) is 0 Å². The molecular formula is C31H41IN2O2. The van der Waals surface area contributed by atoms with Gasteiger partial charge < -0.3 is 15.4 Å². The molecule has 0 unspecified atom stereocenters. The lowest BCUT2D eigenvalue weighted by molar-refractivity contribution is -0.143. The van der Waals surface area contributed by atoms with E-state index in [9.17, 15) is 4.79 Å². The van der Waals surface area contributed by atoms with E-state index < -0.39 is 0 Å². The van der Waals surface area contributed by atoms with E-state index in [-0.39, 0.29) is 11.3 Å². The van der Waals surface area contributed by atoms with Crippen LogP contribution < -0.4 is 10.5 Å². The van der Waals surface area contributed by atoms with Gasteiger partial charge in [0.1, 0.15) is 5.75 Å². The van der Waals surface area contributed by atoms with Crippen molar-refractivity contribution in [2.75, 3.05) is 24.1 Å². The third-order valence-electron chi connectivity index (χ3n) is 9.36. The molecule has 0 radical (unpaired) electrons. The molecule has 36 heavy (non-hydrogen) atoms. The highest BCUT2D eigenvalue weighted by molar-refractivity contribution is 14.1. The van der Waals surface area contributed by atoms with Crippen LogP contribution >= 0.6 is 22.6 Å². The number of alkyl halides is 1. The molecular weight excluding hydrogens is 559 g/mol. The molecule has 5 heteroatoms. The minimum atomic E-state index is -0.368. The van der Waals surface area contributed by atoms with E-state index in [1.54, 1.807) is 0 Å². The second-order valence-electron chi connectivity index (χ2n) is 11.3. The van der Waals surface area contributed by atoms with Gasteiger partial charge in [0.15, 0.2) is 0 Å². The second-order valence-corrected chi connectivity index (χ2v) is 12.2. The first kappa shape index (κ1) is 26.0. The van der Waals surface area contributed by atoms with Crippen molar-refractivity contribution in [2.24, 2.45) is 17.6 Å². The average Bonchev–Trinajstić information content (AvgIpc) is 2.93. The van der Waals surface area contributed by atoms with Crippen molar-refractivity contribution in [1.29, 1.82) is 0 Å². The van der Waals surface area contributed by atoms with Gasteiger partial charge in [-0.15, -0.1) is 0 Å². The molecule has 0 aromatic heterocycles. The van der Waals surface area contributed by atoms with Crippen LogP contribution in [0.2, 0.25) is 0 Å². The summed E-state index contributed by atoms with van der Waals surface area (Å²) in [6.07, 6.45) is 9.36. The molecule has 1 aliphatic carbocycles. The smallest absolute Gasteiger partial charge is 0.227 e. The van der Waals surface area contributed by atoms with E-state index >= 15 is 0 Å². The number of hydrogen-bond acceptors (Lipinski definition) is 3. The minimum Gasteiger partial charge on any atom is -0.493 e. The van der Waals surface area contributed by atoms with E-state index in [1.165, 1.54) is 43.2 Å². The Kier molecular flexibility index (Phi) is 8.26. The molecule has 194 valence electrons. The first-order valence-corrected chi connectivity index (χ1v) is 15.5. The molecule has 1 amide bonds. The maximum atomic E-state index is 14.6. The summed E-state index contributed by atoms with van der Waals surface area (Å²) in [5.41, 5.74) is 9.96. The van der Waals surface area contributed by atoms with E-state index in [0.29, 0.717) is 36.9 Å². The largest absolute Gasteiger partial charge is 0.493 e. The molecule has 0 spiro atoms. The molecule has 2 aromatic rings. The quantitative estimate of drug-likeness (QED) is 0.309. The van der Waals surface area contributed by atoms with Gasteiger partial charge in [-0.1, -0.05) is 84.3 Å². The highest BCUT2D eigenvalue weighted by Crippen LogP contribution is 2.47. The molecule has 5 rings (SSSR count). The van der Waals surface area contributed by atoms with Gasteiger partial charge >= 0.3 is 0 Å². The fourth-order valence-corrected chi connectivity index (χ4v) is 8.49. The second kappa shape index (κ2) is 11.4. The number of hydrogen-bond donors (Lipinski definition) is 1. The predicted molar refractivity (Wildman–Crippen MR) is 155 cm³/mol. The van der Waals surface area contributed by atoms with Crippen molar-refractivity contribution < 1.29 is 9.53 Å². The highest BCUT2D eigenvalue weighted by Gasteiger charge is 2.49. The number of fused-ring (bicyclic) bond motifs is 1. The molecule has 4 nitrogen and oxygen atoms in total. The molecule has 4 atom stereocenters. The number of amides is 1. The van der Waals surface area contributed by atoms with Crippen molar-refractivity contribution in [2.45, 2.75) is 75.7 Å². The zero-order valence-electron chi connectivity index (χ0n) is 21.6. The maximum Gasteiger partial charge on any atom is 0.227 e. The number of piperidine rings is 1. The Morgan fingerprint density at radius 2 is 1.92 bits per heavy atom. The fraction of sp³-hybridized carbons (Fsp3) is 0.581. The molecule has 2 aromatic carbocycles. The van der Waals surface area contributed by atoms with E-state index in [1.807, 2.05) is 0 Å². The maximum absolute atomic E-state index is 14.6. The zero-order chi connectivity index (χ0) is 25.1. The summed E-state index contributed by atoms with van der Waals surface area (Å²) in [5, 5.41) is 0. The van der Waals surface area contributed by atoms with Crippen LogP contribution in [0, 0.1) is 18.8 Å². The van der Waals surface area contributed by atoms with Crippen molar-refractivity contribution in [3.05, 3.63) is 65.2 Å². The van der Waals surface area contributed by atoms with Gasteiger partial charge in [0.05, 0.1) is 12.5 Å². The van der Waals surface area contributed by atoms with Crippen molar-refractivity contribution >= 4 is 28.5 Å². The number of aryl methyl sites for hydroxylation is 1. The predicted octanol–water partition coefficient (Wildman–Crippen LogP) is 6.38. The van der Waals surface area contributed by atoms with Gasteiger partial charge in [-0.25, -0.2) is 0 Å². The Morgan fingerprint density at radius 3 is 2.64 bits per heavy atom. The number of nitrogens with zero attached hydrogens (tertiary/aromatic N) is 1. The molecule has 2 heterocycles. The van der Waals surface area contributed by atoms with Gasteiger partial charge in [-0.3, -0.25) is 4.79 Å². The summed E-state index contributed by atoms with van der Waals surface area (Å²) >= 11 is 2.43. The number of nitrogens with two attached hydrogens (primary N) is 1. The number of ether oxygens (including phenoxy) is 1. The number of rotatable bonds is 6. The summed E-state index contributed by atoms with van der Waals surface area (Å²) in [6.45, 7) is 4.04. The molecule has 2 aliphatic heterocycles. The van der Waals surface area contributed by atoms with Crippen LogP contribution in [0.5, 0.6) is 5.75 Å². The number of carbonyl (C=O) groups is 1.